The zero-order valence-electron chi connectivity index (χ0n) is 11.0. The molecule has 1 amide bonds. The van der Waals surface area contributed by atoms with E-state index in [0.29, 0.717) is 38.4 Å². The van der Waals surface area contributed by atoms with Crippen molar-refractivity contribution >= 4 is 11.9 Å². The van der Waals surface area contributed by atoms with Gasteiger partial charge in [0.1, 0.15) is 0 Å². The summed E-state index contributed by atoms with van der Waals surface area (Å²) >= 11 is 0. The van der Waals surface area contributed by atoms with E-state index in [1.165, 1.54) is 0 Å². The van der Waals surface area contributed by atoms with Crippen LogP contribution in [0.2, 0.25) is 0 Å². The van der Waals surface area contributed by atoms with Crippen LogP contribution in [-0.4, -0.2) is 36.1 Å². The molecule has 0 aromatic carbocycles. The monoisotopic (exact) mass is 244 g/mol. The van der Waals surface area contributed by atoms with Gasteiger partial charge in [0.05, 0.1) is 5.92 Å². The fraction of sp³-hybridized carbons (Fsp3) is 0.833. The summed E-state index contributed by atoms with van der Waals surface area (Å²) in [5, 5.41) is 14.6. The predicted octanol–water partition coefficient (Wildman–Crippen LogP) is 0.992. The van der Waals surface area contributed by atoms with Crippen LogP contribution >= 0.6 is 0 Å². The lowest BCUT2D eigenvalue weighted by Crippen LogP contribution is -2.31. The van der Waals surface area contributed by atoms with Crippen molar-refractivity contribution in [1.29, 1.82) is 0 Å². The summed E-state index contributed by atoms with van der Waals surface area (Å²) in [5.41, 5.74) is 0. The number of rotatable bonds is 9. The average molecular weight is 244 g/mol. The lowest BCUT2D eigenvalue weighted by Gasteiger charge is -2.09. The molecule has 0 saturated heterocycles. The van der Waals surface area contributed by atoms with Crippen LogP contribution in [-0.2, 0) is 9.59 Å². The normalized spacial score (nSPS) is 12.5. The lowest BCUT2D eigenvalue weighted by molar-refractivity contribution is -0.141. The molecular formula is C12H24N2O3. The van der Waals surface area contributed by atoms with E-state index in [1.54, 1.807) is 6.92 Å². The second-order valence-corrected chi connectivity index (χ2v) is 4.59. The fourth-order valence-electron chi connectivity index (χ4n) is 1.32. The molecule has 5 heteroatoms. The number of amides is 1. The van der Waals surface area contributed by atoms with E-state index in [0.717, 1.165) is 0 Å². The first-order valence-corrected chi connectivity index (χ1v) is 6.16. The Bertz CT molecular complexity index is 242. The number of carboxylic acid groups (broad SMARTS) is 1. The van der Waals surface area contributed by atoms with Gasteiger partial charge in [-0.05, 0) is 12.8 Å². The van der Waals surface area contributed by atoms with Gasteiger partial charge < -0.3 is 15.7 Å². The summed E-state index contributed by atoms with van der Waals surface area (Å²) < 4.78 is 0. The SMILES string of the molecule is CC(C)NCCC(=O)NCCCC(C)C(=O)O. The maximum atomic E-state index is 11.3. The Labute approximate surface area is 103 Å². The molecule has 0 spiro atoms. The van der Waals surface area contributed by atoms with Crippen molar-refractivity contribution in [1.82, 2.24) is 10.6 Å². The number of carbonyl (C=O) groups excluding carboxylic acids is 1. The molecule has 0 aliphatic heterocycles. The molecular weight excluding hydrogens is 220 g/mol. The molecule has 0 heterocycles. The second kappa shape index (κ2) is 8.98. The standard InChI is InChI=1S/C12H24N2O3/c1-9(2)13-8-6-11(15)14-7-4-5-10(3)12(16)17/h9-10,13H,4-8H2,1-3H3,(H,14,15)(H,16,17). The number of hydrogen-bond acceptors (Lipinski definition) is 3. The molecule has 0 aromatic rings. The summed E-state index contributed by atoms with van der Waals surface area (Å²) in [7, 11) is 0. The Kier molecular flexibility index (Phi) is 8.40. The van der Waals surface area contributed by atoms with Crippen LogP contribution in [0.3, 0.4) is 0 Å². The molecule has 1 atom stereocenters. The molecule has 0 fully saturated rings. The van der Waals surface area contributed by atoms with E-state index in [4.69, 9.17) is 5.11 Å². The first-order valence-electron chi connectivity index (χ1n) is 6.16. The van der Waals surface area contributed by atoms with Crippen molar-refractivity contribution in [2.24, 2.45) is 5.92 Å². The number of aliphatic carboxylic acids is 1. The fourth-order valence-corrected chi connectivity index (χ4v) is 1.32. The smallest absolute Gasteiger partial charge is 0.306 e. The summed E-state index contributed by atoms with van der Waals surface area (Å²) in [6.07, 6.45) is 1.77. The average Bonchev–Trinajstić information content (AvgIpc) is 2.23. The molecule has 0 aromatic heterocycles. The lowest BCUT2D eigenvalue weighted by atomic mass is 10.1. The van der Waals surface area contributed by atoms with Gasteiger partial charge in [0.2, 0.25) is 5.91 Å². The highest BCUT2D eigenvalue weighted by molar-refractivity contribution is 5.76. The van der Waals surface area contributed by atoms with Gasteiger partial charge in [-0.15, -0.1) is 0 Å². The minimum absolute atomic E-state index is 0.0149. The zero-order valence-corrected chi connectivity index (χ0v) is 11.0. The van der Waals surface area contributed by atoms with Crippen LogP contribution in [0.25, 0.3) is 0 Å². The van der Waals surface area contributed by atoms with Gasteiger partial charge >= 0.3 is 5.97 Å². The molecule has 17 heavy (non-hydrogen) atoms. The van der Waals surface area contributed by atoms with Gasteiger partial charge in [0.15, 0.2) is 0 Å². The Balaban J connectivity index is 3.42. The van der Waals surface area contributed by atoms with E-state index < -0.39 is 5.97 Å². The van der Waals surface area contributed by atoms with Crippen molar-refractivity contribution in [3.05, 3.63) is 0 Å². The number of nitrogens with one attached hydrogen (secondary N) is 2. The summed E-state index contributed by atoms with van der Waals surface area (Å²) in [4.78, 5) is 21.9. The molecule has 0 aliphatic rings. The molecule has 1 unspecified atom stereocenters. The Morgan fingerprint density at radius 1 is 1.18 bits per heavy atom. The third-order valence-corrected chi connectivity index (χ3v) is 2.46. The molecule has 0 radical (unpaired) electrons. The van der Waals surface area contributed by atoms with Crippen LogP contribution in [0.4, 0.5) is 0 Å². The summed E-state index contributed by atoms with van der Waals surface area (Å²) in [6.45, 7) is 6.97. The van der Waals surface area contributed by atoms with Gasteiger partial charge in [-0.1, -0.05) is 20.8 Å². The minimum atomic E-state index is -0.780. The third kappa shape index (κ3) is 9.81. The van der Waals surface area contributed by atoms with E-state index in [2.05, 4.69) is 10.6 Å². The van der Waals surface area contributed by atoms with E-state index >= 15 is 0 Å². The van der Waals surface area contributed by atoms with E-state index in [-0.39, 0.29) is 11.8 Å². The first-order chi connectivity index (χ1) is 7.93. The minimum Gasteiger partial charge on any atom is -0.481 e. The molecule has 5 nitrogen and oxygen atoms in total. The largest absolute Gasteiger partial charge is 0.481 e. The molecule has 0 bridgehead atoms. The van der Waals surface area contributed by atoms with Crippen molar-refractivity contribution in [3.63, 3.8) is 0 Å². The molecule has 0 rings (SSSR count). The Morgan fingerprint density at radius 3 is 2.35 bits per heavy atom. The molecule has 100 valence electrons. The quantitative estimate of drug-likeness (QED) is 0.529. The predicted molar refractivity (Wildman–Crippen MR) is 66.8 cm³/mol. The highest BCUT2D eigenvalue weighted by Crippen LogP contribution is 2.04. The van der Waals surface area contributed by atoms with Gasteiger partial charge in [-0.3, -0.25) is 9.59 Å². The number of carbonyl (C=O) groups is 2. The second-order valence-electron chi connectivity index (χ2n) is 4.59. The van der Waals surface area contributed by atoms with Gasteiger partial charge in [-0.25, -0.2) is 0 Å². The van der Waals surface area contributed by atoms with Crippen molar-refractivity contribution in [3.8, 4) is 0 Å². The topological polar surface area (TPSA) is 78.4 Å². The van der Waals surface area contributed by atoms with Crippen LogP contribution < -0.4 is 10.6 Å². The van der Waals surface area contributed by atoms with E-state index in [9.17, 15) is 9.59 Å². The molecule has 0 saturated carbocycles. The van der Waals surface area contributed by atoms with Crippen LogP contribution in [0, 0.1) is 5.92 Å². The van der Waals surface area contributed by atoms with Gasteiger partial charge in [0, 0.05) is 25.6 Å². The molecule has 0 aliphatic carbocycles. The summed E-state index contributed by atoms with van der Waals surface area (Å²) in [5.74, 6) is -1.10. The Morgan fingerprint density at radius 2 is 1.82 bits per heavy atom. The number of carboxylic acids is 1. The van der Waals surface area contributed by atoms with Gasteiger partial charge in [0.25, 0.3) is 0 Å². The number of hydrogen-bond donors (Lipinski definition) is 3. The van der Waals surface area contributed by atoms with E-state index in [1.807, 2.05) is 13.8 Å². The maximum Gasteiger partial charge on any atom is 0.306 e. The van der Waals surface area contributed by atoms with Crippen molar-refractivity contribution < 1.29 is 14.7 Å². The van der Waals surface area contributed by atoms with Crippen molar-refractivity contribution in [2.45, 2.75) is 46.1 Å². The van der Waals surface area contributed by atoms with Crippen LogP contribution in [0.5, 0.6) is 0 Å². The zero-order chi connectivity index (χ0) is 13.3. The van der Waals surface area contributed by atoms with Crippen molar-refractivity contribution in [2.75, 3.05) is 13.1 Å². The maximum absolute atomic E-state index is 11.3. The van der Waals surface area contributed by atoms with Crippen LogP contribution in [0.15, 0.2) is 0 Å². The molecule has 3 N–H and O–H groups in total. The summed E-state index contributed by atoms with van der Waals surface area (Å²) in [6, 6.07) is 0.388. The Hall–Kier alpha value is -1.10. The van der Waals surface area contributed by atoms with Crippen LogP contribution in [0.1, 0.15) is 40.0 Å². The van der Waals surface area contributed by atoms with Gasteiger partial charge in [-0.2, -0.15) is 0 Å². The third-order valence-electron chi connectivity index (χ3n) is 2.46. The highest BCUT2D eigenvalue weighted by Gasteiger charge is 2.09. The highest BCUT2D eigenvalue weighted by atomic mass is 16.4. The first kappa shape index (κ1) is 15.9.